The number of rotatable bonds is 16. The maximum Gasteiger partial charge on any atom is 1.00 e. The number of hydrogen-bond donors (Lipinski definition) is 1. The molecule has 0 bridgehead atoms. The van der Waals surface area contributed by atoms with Crippen molar-refractivity contribution in [1.29, 1.82) is 0 Å². The molecular formula is C14H31NNa2O10S3Si. The van der Waals surface area contributed by atoms with Crippen molar-refractivity contribution in [1.82, 2.24) is 0 Å². The summed E-state index contributed by atoms with van der Waals surface area (Å²) < 4.78 is 98.4. The Morgan fingerprint density at radius 2 is 0.903 bits per heavy atom. The second-order valence-corrected chi connectivity index (χ2v) is 16.7. The smallest absolute Gasteiger partial charge is 0.748 e. The summed E-state index contributed by atoms with van der Waals surface area (Å²) in [5.41, 5.74) is 0. The number of hydrogen-bond acceptors (Lipinski definition) is 10. The van der Waals surface area contributed by atoms with Gasteiger partial charge in [-0.2, -0.15) is 0 Å². The maximum absolute atomic E-state index is 10.9. The van der Waals surface area contributed by atoms with E-state index < -0.39 is 55.9 Å². The Morgan fingerprint density at radius 1 is 0.645 bits per heavy atom. The van der Waals surface area contributed by atoms with Crippen molar-refractivity contribution in [2.45, 2.75) is 44.8 Å². The molecule has 0 atom stereocenters. The van der Waals surface area contributed by atoms with Crippen LogP contribution in [-0.4, -0.2) is 99.9 Å². The Balaban J connectivity index is -0.00000392. The van der Waals surface area contributed by atoms with Crippen molar-refractivity contribution < 1.29 is 107 Å². The van der Waals surface area contributed by atoms with E-state index in [9.17, 15) is 43.7 Å². The fourth-order valence-corrected chi connectivity index (χ4v) is 5.72. The van der Waals surface area contributed by atoms with Crippen LogP contribution in [0.25, 0.3) is 0 Å². The van der Waals surface area contributed by atoms with E-state index in [1.807, 2.05) is 0 Å². The van der Waals surface area contributed by atoms with Crippen molar-refractivity contribution in [3.8, 4) is 0 Å². The predicted octanol–water partition coefficient (Wildman–Crippen LogP) is -6.80. The van der Waals surface area contributed by atoms with E-state index in [2.05, 4.69) is 0 Å². The molecule has 0 saturated heterocycles. The summed E-state index contributed by atoms with van der Waals surface area (Å²) in [5, 5.41) is 0. The van der Waals surface area contributed by atoms with Gasteiger partial charge in [0.15, 0.2) is 8.32 Å². The van der Waals surface area contributed by atoms with Gasteiger partial charge in [-0.1, -0.05) is 0 Å². The van der Waals surface area contributed by atoms with E-state index in [1.54, 1.807) is 13.1 Å². The molecule has 0 saturated carbocycles. The zero-order valence-corrected chi connectivity index (χ0v) is 26.2. The third-order valence-electron chi connectivity index (χ3n) is 4.50. The first-order valence-electron chi connectivity index (χ1n) is 9.21. The molecule has 0 aromatic heterocycles. The molecule has 17 heteroatoms. The Kier molecular flexibility index (Phi) is 19.0. The molecule has 0 radical (unpaired) electrons. The van der Waals surface area contributed by atoms with Gasteiger partial charge in [-0.05, 0) is 25.6 Å². The molecule has 11 nitrogen and oxygen atoms in total. The van der Waals surface area contributed by atoms with E-state index in [0.717, 1.165) is 0 Å². The summed E-state index contributed by atoms with van der Waals surface area (Å²) in [6, 6.07) is 0.507. The SMILES string of the molecule is C[Si](C)(O)CCC[N+](CCCS(=O)(=O)[O-])(CCCS(=O)(=O)[O-])CCCS(=O)(=O)[O-].[Na+].[Na+]. The molecule has 0 fully saturated rings. The molecule has 0 spiro atoms. The van der Waals surface area contributed by atoms with Crippen LogP contribution < -0.4 is 59.1 Å². The van der Waals surface area contributed by atoms with Gasteiger partial charge in [0, 0.05) is 36.5 Å². The quantitative estimate of drug-likeness (QED) is 0.111. The Bertz CT molecular complexity index is 721. The van der Waals surface area contributed by atoms with Crippen LogP contribution in [0.15, 0.2) is 0 Å². The van der Waals surface area contributed by atoms with Gasteiger partial charge in [-0.3, -0.25) is 0 Å². The van der Waals surface area contributed by atoms with Crippen molar-refractivity contribution in [2.75, 3.05) is 43.4 Å². The van der Waals surface area contributed by atoms with E-state index >= 15 is 0 Å². The molecule has 31 heavy (non-hydrogen) atoms. The maximum atomic E-state index is 10.9. The first-order chi connectivity index (χ1) is 12.8. The number of nitrogens with zero attached hydrogens (tertiary/aromatic N) is 1. The molecule has 0 aliphatic carbocycles. The molecule has 0 aliphatic heterocycles. The molecule has 0 unspecified atom stereocenters. The van der Waals surface area contributed by atoms with Gasteiger partial charge in [-0.15, -0.1) is 0 Å². The minimum Gasteiger partial charge on any atom is -0.748 e. The molecule has 0 aromatic rings. The van der Waals surface area contributed by atoms with Crippen LogP contribution in [0.3, 0.4) is 0 Å². The summed E-state index contributed by atoms with van der Waals surface area (Å²) in [6.45, 7) is 4.28. The van der Waals surface area contributed by atoms with Gasteiger partial charge in [0.1, 0.15) is 0 Å². The largest absolute Gasteiger partial charge is 1.00 e. The third-order valence-corrected chi connectivity index (χ3v) is 8.44. The van der Waals surface area contributed by atoms with Gasteiger partial charge in [0.25, 0.3) is 0 Å². The average molecular weight is 544 g/mol. The molecule has 0 rings (SSSR count). The van der Waals surface area contributed by atoms with E-state index in [1.165, 1.54) is 0 Å². The zero-order valence-electron chi connectivity index (χ0n) is 18.8. The monoisotopic (exact) mass is 543 g/mol. The van der Waals surface area contributed by atoms with Crippen LogP contribution in [0, 0.1) is 0 Å². The summed E-state index contributed by atoms with van der Waals surface area (Å²) in [7, 11) is -15.8. The molecular weight excluding hydrogens is 512 g/mol. The number of quaternary nitrogens is 1. The first kappa shape index (κ1) is 37.4. The topological polar surface area (TPSA) is 192 Å². The summed E-state index contributed by atoms with van der Waals surface area (Å²) in [5.74, 6) is -1.90. The molecule has 0 amide bonds. The molecule has 0 heterocycles. The molecule has 1 N–H and O–H groups in total. The summed E-state index contributed by atoms with van der Waals surface area (Å²) >= 11 is 0. The molecule has 0 aromatic carbocycles. The summed E-state index contributed by atoms with van der Waals surface area (Å²) in [4.78, 5) is 10.0. The van der Waals surface area contributed by atoms with Crippen LogP contribution in [0.4, 0.5) is 0 Å². The van der Waals surface area contributed by atoms with Crippen molar-refractivity contribution >= 4 is 38.7 Å². The van der Waals surface area contributed by atoms with E-state index in [0.29, 0.717) is 19.0 Å². The van der Waals surface area contributed by atoms with Crippen LogP contribution in [0.2, 0.25) is 19.1 Å². The van der Waals surface area contributed by atoms with Crippen molar-refractivity contribution in [3.05, 3.63) is 0 Å². The first-order valence-corrected chi connectivity index (χ1v) is 17.1. The Morgan fingerprint density at radius 3 is 1.13 bits per heavy atom. The minimum absolute atomic E-state index is 0. The van der Waals surface area contributed by atoms with Crippen LogP contribution in [-0.2, 0) is 30.4 Å². The standard InChI is InChI=1S/C14H33NO10S3Si.2Na/c1-29(2,25)14-6-10-15(7-3-11-26(16,17)18,8-4-12-27(19,20)21)9-5-13-28(22,23)24;;/h25H,3-14H2,1-2H3,(H2-,16,17,18,19,20,21,22,23,24);;/q;2*+1/p-2. The second-order valence-electron chi connectivity index (χ2n) is 8.00. The van der Waals surface area contributed by atoms with Gasteiger partial charge < -0.3 is 22.9 Å². The minimum atomic E-state index is -4.46. The van der Waals surface area contributed by atoms with Crippen LogP contribution >= 0.6 is 0 Å². The third kappa shape index (κ3) is 24.8. The zero-order chi connectivity index (χ0) is 23.0. The van der Waals surface area contributed by atoms with Crippen molar-refractivity contribution in [3.63, 3.8) is 0 Å². The normalized spacial score (nSPS) is 13.4. The summed E-state index contributed by atoms with van der Waals surface area (Å²) in [6.07, 6.45) is 0.425. The Labute approximate surface area is 231 Å². The Hall–Kier alpha value is 1.87. The van der Waals surface area contributed by atoms with Crippen LogP contribution in [0.1, 0.15) is 25.7 Å². The average Bonchev–Trinajstić information content (AvgIpc) is 2.41. The fraction of sp³-hybridized carbons (Fsp3) is 1.00. The van der Waals surface area contributed by atoms with Gasteiger partial charge in [0.05, 0.1) is 56.5 Å². The van der Waals surface area contributed by atoms with Gasteiger partial charge in [0.2, 0.25) is 0 Å². The fourth-order valence-electron chi connectivity index (χ4n) is 3.25. The van der Waals surface area contributed by atoms with Gasteiger partial charge >= 0.3 is 59.1 Å². The van der Waals surface area contributed by atoms with Crippen molar-refractivity contribution in [2.24, 2.45) is 0 Å². The predicted molar refractivity (Wildman–Crippen MR) is 106 cm³/mol. The second kappa shape index (κ2) is 15.8. The van der Waals surface area contributed by atoms with Gasteiger partial charge in [-0.25, -0.2) is 25.3 Å². The molecule has 176 valence electrons. The van der Waals surface area contributed by atoms with E-state index in [4.69, 9.17) is 0 Å². The molecule has 0 aliphatic rings. The van der Waals surface area contributed by atoms with Crippen LogP contribution in [0.5, 0.6) is 0 Å². The van der Waals surface area contributed by atoms with E-state index in [-0.39, 0.29) is 102 Å².